The number of pyridine rings is 1. The van der Waals surface area contributed by atoms with Crippen LogP contribution in [-0.4, -0.2) is 9.38 Å². The fraction of sp³-hybridized carbons (Fsp3) is 0.0172. The second-order valence-corrected chi connectivity index (χ2v) is 15.6. The maximum atomic E-state index is 5.36. The monoisotopic (exact) mass is 779 g/mol. The third-order valence-electron chi connectivity index (χ3n) is 11.8. The van der Waals surface area contributed by atoms with Crippen molar-refractivity contribution in [2.24, 2.45) is 0 Å². The third-order valence-corrected chi connectivity index (χ3v) is 11.8. The summed E-state index contributed by atoms with van der Waals surface area (Å²) in [6, 6.07) is 82.8. The van der Waals surface area contributed by atoms with Crippen LogP contribution in [0.15, 0.2) is 237 Å². The van der Waals surface area contributed by atoms with E-state index in [9.17, 15) is 0 Å². The van der Waals surface area contributed by atoms with Gasteiger partial charge >= 0.3 is 0 Å². The summed E-state index contributed by atoms with van der Waals surface area (Å²) >= 11 is 0. The van der Waals surface area contributed by atoms with Crippen molar-refractivity contribution in [1.29, 1.82) is 0 Å². The molecule has 0 N–H and O–H groups in total. The molecule has 0 amide bonds. The summed E-state index contributed by atoms with van der Waals surface area (Å²) in [7, 11) is 0. The van der Waals surface area contributed by atoms with E-state index < -0.39 is 0 Å². The number of imidazole rings is 1. The van der Waals surface area contributed by atoms with E-state index in [1.165, 1.54) is 49.7 Å². The maximum Gasteiger partial charge on any atom is 0.137 e. The fourth-order valence-corrected chi connectivity index (χ4v) is 8.87. The van der Waals surface area contributed by atoms with Crippen LogP contribution >= 0.6 is 0 Å². The van der Waals surface area contributed by atoms with Gasteiger partial charge in [0.15, 0.2) is 0 Å². The molecule has 0 saturated carbocycles. The number of aromatic nitrogens is 2. The molecular formula is C58H41N3. The van der Waals surface area contributed by atoms with Gasteiger partial charge in [-0.05, 0) is 110 Å². The van der Waals surface area contributed by atoms with Crippen molar-refractivity contribution >= 4 is 44.5 Å². The van der Waals surface area contributed by atoms with E-state index in [2.05, 4.69) is 246 Å². The fourth-order valence-electron chi connectivity index (χ4n) is 8.87. The molecule has 11 rings (SSSR count). The van der Waals surface area contributed by atoms with Gasteiger partial charge in [0.2, 0.25) is 0 Å². The second kappa shape index (κ2) is 15.6. The standard InChI is InChI=1S/C58H41N3/c1-4-14-43(15-5-1)45-27-23-41(24-28-45)40-42-25-29-47(30-26-42)55-52-20-10-11-21-53(52)56(58-57(55)59-54-22-12-13-39-60(54)58)48-33-37-51(38-34-48)61(49-18-8-3-9-19-49)50-35-31-46(32-36-50)44-16-6-2-7-17-44/h1-39H,40H2. The lowest BCUT2D eigenvalue weighted by Crippen LogP contribution is -2.09. The van der Waals surface area contributed by atoms with Crippen molar-refractivity contribution in [2.75, 3.05) is 4.90 Å². The quantitative estimate of drug-likeness (QED) is 0.145. The molecule has 0 aliphatic carbocycles. The Kier molecular flexibility index (Phi) is 9.25. The Bertz CT molecular complexity index is 3260. The molecule has 0 bridgehead atoms. The highest BCUT2D eigenvalue weighted by Crippen LogP contribution is 2.45. The second-order valence-electron chi connectivity index (χ2n) is 15.6. The van der Waals surface area contributed by atoms with Gasteiger partial charge in [0.1, 0.15) is 5.65 Å². The molecule has 0 radical (unpaired) electrons. The van der Waals surface area contributed by atoms with Gasteiger partial charge in [0.25, 0.3) is 0 Å². The van der Waals surface area contributed by atoms with E-state index in [1.807, 2.05) is 0 Å². The number of nitrogens with zero attached hydrogens (tertiary/aromatic N) is 3. The smallest absolute Gasteiger partial charge is 0.137 e. The van der Waals surface area contributed by atoms with Crippen LogP contribution in [0.2, 0.25) is 0 Å². The van der Waals surface area contributed by atoms with Gasteiger partial charge in [0, 0.05) is 34.4 Å². The normalized spacial score (nSPS) is 11.3. The highest BCUT2D eigenvalue weighted by Gasteiger charge is 2.22. The van der Waals surface area contributed by atoms with Gasteiger partial charge in [-0.2, -0.15) is 0 Å². The number of fused-ring (bicyclic) bond motifs is 4. The first-order valence-electron chi connectivity index (χ1n) is 20.9. The Morgan fingerprint density at radius 3 is 1.33 bits per heavy atom. The Morgan fingerprint density at radius 2 is 0.754 bits per heavy atom. The SMILES string of the molecule is c1ccc(-c2ccc(Cc3ccc(-c4c5ccccc5c(-c5ccc(N(c6ccccc6)c6ccc(-c7ccccc7)cc6)cc5)c5c4nc4ccccn45)cc3)cc2)cc1. The Morgan fingerprint density at radius 1 is 0.344 bits per heavy atom. The van der Waals surface area contributed by atoms with Crippen LogP contribution in [0.25, 0.3) is 72.0 Å². The van der Waals surface area contributed by atoms with E-state index in [-0.39, 0.29) is 0 Å². The summed E-state index contributed by atoms with van der Waals surface area (Å²) in [5.74, 6) is 0. The van der Waals surface area contributed by atoms with Crippen LogP contribution < -0.4 is 4.90 Å². The zero-order chi connectivity index (χ0) is 40.5. The Labute approximate surface area is 356 Å². The molecule has 0 saturated heterocycles. The molecule has 61 heavy (non-hydrogen) atoms. The average molecular weight is 780 g/mol. The number of hydrogen-bond acceptors (Lipinski definition) is 2. The van der Waals surface area contributed by atoms with Gasteiger partial charge < -0.3 is 4.90 Å². The zero-order valence-electron chi connectivity index (χ0n) is 33.6. The topological polar surface area (TPSA) is 20.5 Å². The third kappa shape index (κ3) is 6.82. The highest BCUT2D eigenvalue weighted by molar-refractivity contribution is 6.20. The lowest BCUT2D eigenvalue weighted by molar-refractivity contribution is 1.19. The van der Waals surface area contributed by atoms with Gasteiger partial charge in [-0.15, -0.1) is 0 Å². The van der Waals surface area contributed by atoms with E-state index in [0.717, 1.165) is 56.9 Å². The summed E-state index contributed by atoms with van der Waals surface area (Å²) < 4.78 is 2.26. The van der Waals surface area contributed by atoms with Crippen LogP contribution in [0.5, 0.6) is 0 Å². The summed E-state index contributed by atoms with van der Waals surface area (Å²) in [6.45, 7) is 0. The van der Waals surface area contributed by atoms with Crippen molar-refractivity contribution in [3.8, 4) is 44.5 Å². The Hall–Kier alpha value is -8.01. The van der Waals surface area contributed by atoms with Crippen molar-refractivity contribution in [3.05, 3.63) is 248 Å². The minimum Gasteiger partial charge on any atom is -0.311 e. The molecule has 0 spiro atoms. The van der Waals surface area contributed by atoms with E-state index in [0.29, 0.717) is 0 Å². The summed E-state index contributed by atoms with van der Waals surface area (Å²) in [5, 5.41) is 2.38. The molecular weight excluding hydrogens is 739 g/mol. The van der Waals surface area contributed by atoms with Crippen LogP contribution in [0.3, 0.4) is 0 Å². The number of hydrogen-bond donors (Lipinski definition) is 0. The van der Waals surface area contributed by atoms with Crippen molar-refractivity contribution < 1.29 is 0 Å². The van der Waals surface area contributed by atoms with Gasteiger partial charge in [-0.1, -0.05) is 182 Å². The van der Waals surface area contributed by atoms with Crippen LogP contribution in [0.1, 0.15) is 11.1 Å². The van der Waals surface area contributed by atoms with E-state index in [4.69, 9.17) is 4.98 Å². The predicted octanol–water partition coefficient (Wildman–Crippen LogP) is 15.4. The van der Waals surface area contributed by atoms with Gasteiger partial charge in [-0.3, -0.25) is 4.40 Å². The lowest BCUT2D eigenvalue weighted by Gasteiger charge is -2.26. The highest BCUT2D eigenvalue weighted by atomic mass is 15.1. The van der Waals surface area contributed by atoms with E-state index in [1.54, 1.807) is 0 Å². The lowest BCUT2D eigenvalue weighted by atomic mass is 9.89. The minimum atomic E-state index is 0.871. The molecule has 2 heterocycles. The molecule has 11 aromatic rings. The van der Waals surface area contributed by atoms with Crippen molar-refractivity contribution in [1.82, 2.24) is 9.38 Å². The summed E-state index contributed by atoms with van der Waals surface area (Å²) in [5.41, 5.74) is 18.4. The predicted molar refractivity (Wildman–Crippen MR) is 256 cm³/mol. The maximum absolute atomic E-state index is 5.36. The molecule has 0 fully saturated rings. The average Bonchev–Trinajstić information content (AvgIpc) is 3.72. The zero-order valence-corrected chi connectivity index (χ0v) is 33.6. The molecule has 0 unspecified atom stereocenters. The van der Waals surface area contributed by atoms with Crippen LogP contribution in [0.4, 0.5) is 17.1 Å². The molecule has 0 atom stereocenters. The first-order valence-corrected chi connectivity index (χ1v) is 20.9. The number of rotatable bonds is 9. The molecule has 3 heteroatoms. The molecule has 9 aromatic carbocycles. The first-order chi connectivity index (χ1) is 30.2. The molecule has 0 aliphatic rings. The van der Waals surface area contributed by atoms with Gasteiger partial charge in [0.05, 0.1) is 11.0 Å². The molecule has 3 nitrogen and oxygen atoms in total. The van der Waals surface area contributed by atoms with Crippen molar-refractivity contribution in [2.45, 2.75) is 6.42 Å². The molecule has 0 aliphatic heterocycles. The number of benzene rings is 9. The van der Waals surface area contributed by atoms with Crippen LogP contribution in [-0.2, 0) is 6.42 Å². The summed E-state index contributed by atoms with van der Waals surface area (Å²) in [6.07, 6.45) is 3.01. The summed E-state index contributed by atoms with van der Waals surface area (Å²) in [4.78, 5) is 7.69. The van der Waals surface area contributed by atoms with Crippen molar-refractivity contribution in [3.63, 3.8) is 0 Å². The largest absolute Gasteiger partial charge is 0.311 e. The molecule has 288 valence electrons. The Balaban J connectivity index is 0.986. The number of anilines is 3. The van der Waals surface area contributed by atoms with E-state index >= 15 is 0 Å². The van der Waals surface area contributed by atoms with Crippen LogP contribution in [0, 0.1) is 0 Å². The van der Waals surface area contributed by atoms with Gasteiger partial charge in [-0.25, -0.2) is 4.98 Å². The molecule has 2 aromatic heterocycles. The minimum absolute atomic E-state index is 0.871. The number of para-hydroxylation sites is 1. The first kappa shape index (κ1) is 36.1.